The van der Waals surface area contributed by atoms with Crippen LogP contribution in [0.1, 0.15) is 5.56 Å². The van der Waals surface area contributed by atoms with Crippen LogP contribution in [0.4, 0.5) is 5.69 Å². The molecule has 2 aromatic carbocycles. The van der Waals surface area contributed by atoms with Gasteiger partial charge in [0.2, 0.25) is 11.6 Å². The smallest absolute Gasteiger partial charge is 0.298 e. The molecule has 0 fully saturated rings. The molecule has 0 bridgehead atoms. The van der Waals surface area contributed by atoms with E-state index in [2.05, 4.69) is 10.6 Å². The first kappa shape index (κ1) is 17.8. The lowest BCUT2D eigenvalue weighted by Gasteiger charge is -2.07. The fourth-order valence-electron chi connectivity index (χ4n) is 2.28. The van der Waals surface area contributed by atoms with Crippen LogP contribution >= 0.6 is 11.8 Å². The number of aryl methyl sites for hydroxylation is 1. The van der Waals surface area contributed by atoms with Crippen molar-refractivity contribution in [2.45, 2.75) is 11.9 Å². The number of aromatic nitrogens is 2. The minimum Gasteiger partial charge on any atom is -0.538 e. The van der Waals surface area contributed by atoms with Crippen molar-refractivity contribution in [1.82, 2.24) is 5.27 Å². The topological polar surface area (TPSA) is 91.3 Å². The van der Waals surface area contributed by atoms with E-state index in [9.17, 15) is 9.90 Å². The Morgan fingerprint density at radius 3 is 2.69 bits per heavy atom. The molecule has 3 rings (SSSR count). The summed E-state index contributed by atoms with van der Waals surface area (Å²) in [4.78, 5) is 12.2. The molecule has 1 amide bonds. The number of hydrogen-bond acceptors (Lipinski definition) is 6. The minimum absolute atomic E-state index is 0.0565. The molecule has 8 heteroatoms. The van der Waals surface area contributed by atoms with Crippen LogP contribution in [0.15, 0.2) is 58.1 Å². The van der Waals surface area contributed by atoms with Gasteiger partial charge < -0.3 is 19.7 Å². The number of rotatable bonds is 6. The highest BCUT2D eigenvalue weighted by atomic mass is 32.2. The largest absolute Gasteiger partial charge is 0.538 e. The molecule has 0 saturated carbocycles. The molecular formula is C18H17N3O4S. The van der Waals surface area contributed by atoms with Crippen molar-refractivity contribution in [2.24, 2.45) is 0 Å². The number of methoxy groups -OCH3 is 1. The first-order valence-corrected chi connectivity index (χ1v) is 8.79. The molecule has 1 heterocycles. The van der Waals surface area contributed by atoms with Gasteiger partial charge in [0, 0.05) is 17.8 Å². The van der Waals surface area contributed by atoms with Crippen LogP contribution in [0.3, 0.4) is 0 Å². The van der Waals surface area contributed by atoms with E-state index in [0.717, 1.165) is 23.0 Å². The summed E-state index contributed by atoms with van der Waals surface area (Å²) in [6.45, 7) is 1.91. The van der Waals surface area contributed by atoms with Crippen molar-refractivity contribution >= 4 is 23.4 Å². The fraction of sp³-hybridized carbons (Fsp3) is 0.167. The van der Waals surface area contributed by atoms with E-state index >= 15 is 0 Å². The summed E-state index contributed by atoms with van der Waals surface area (Å²) in [5.74, 6) is -0.0614. The molecule has 0 saturated heterocycles. The maximum absolute atomic E-state index is 12.2. The third kappa shape index (κ3) is 3.97. The van der Waals surface area contributed by atoms with E-state index in [4.69, 9.17) is 9.26 Å². The van der Waals surface area contributed by atoms with Crippen LogP contribution in [0.2, 0.25) is 0 Å². The Balaban J connectivity index is 1.71. The quantitative estimate of drug-likeness (QED) is 0.527. The Kier molecular flexibility index (Phi) is 5.43. The van der Waals surface area contributed by atoms with Crippen molar-refractivity contribution < 1.29 is 23.8 Å². The Labute approximate surface area is 154 Å². The SMILES string of the molecule is COc1ccc(-[n+]2noc([O-])c2SCC(=O)Nc2ccccc2C)cc1. The highest BCUT2D eigenvalue weighted by Crippen LogP contribution is 2.24. The van der Waals surface area contributed by atoms with Crippen molar-refractivity contribution in [3.05, 3.63) is 54.1 Å². The molecule has 0 aliphatic carbocycles. The van der Waals surface area contributed by atoms with E-state index in [1.165, 1.54) is 4.68 Å². The van der Waals surface area contributed by atoms with Gasteiger partial charge in [-0.25, -0.2) is 0 Å². The average Bonchev–Trinajstić information content (AvgIpc) is 3.02. The molecule has 0 spiro atoms. The zero-order chi connectivity index (χ0) is 18.5. The average molecular weight is 371 g/mol. The number of ether oxygens (including phenoxy) is 1. The molecule has 26 heavy (non-hydrogen) atoms. The summed E-state index contributed by atoms with van der Waals surface area (Å²) in [5, 5.41) is 18.7. The van der Waals surface area contributed by atoms with E-state index in [1.807, 2.05) is 31.2 Å². The van der Waals surface area contributed by atoms with Gasteiger partial charge in [-0.1, -0.05) is 18.2 Å². The summed E-state index contributed by atoms with van der Waals surface area (Å²) in [6.07, 6.45) is 0. The van der Waals surface area contributed by atoms with Gasteiger partial charge >= 0.3 is 0 Å². The summed E-state index contributed by atoms with van der Waals surface area (Å²) in [6, 6.07) is 14.5. The predicted octanol–water partition coefficient (Wildman–Crippen LogP) is 2.07. The number of para-hydroxylation sites is 1. The van der Waals surface area contributed by atoms with E-state index in [1.54, 1.807) is 31.4 Å². The standard InChI is InChI=1S/C18H17N3O4S/c1-12-5-3-4-6-15(12)19-16(22)11-26-17-18(23)25-20-21(17)13-7-9-14(24-2)10-8-13/h3-10H,11H2,1-2H3,(H-,19,20,22,23). The summed E-state index contributed by atoms with van der Waals surface area (Å²) >= 11 is 1.07. The number of benzene rings is 2. The van der Waals surface area contributed by atoms with Crippen LogP contribution < -0.4 is 19.8 Å². The Morgan fingerprint density at radius 2 is 2.00 bits per heavy atom. The molecule has 0 unspecified atom stereocenters. The van der Waals surface area contributed by atoms with Crippen LogP contribution in [-0.4, -0.2) is 24.0 Å². The maximum Gasteiger partial charge on any atom is 0.298 e. The van der Waals surface area contributed by atoms with Crippen molar-refractivity contribution in [2.75, 3.05) is 18.2 Å². The van der Waals surface area contributed by atoms with Crippen LogP contribution in [0, 0.1) is 6.92 Å². The number of nitrogens with one attached hydrogen (secondary N) is 1. The summed E-state index contributed by atoms with van der Waals surface area (Å²) < 4.78 is 11.2. The van der Waals surface area contributed by atoms with Gasteiger partial charge in [0.1, 0.15) is 5.75 Å². The lowest BCUT2D eigenvalue weighted by atomic mass is 10.2. The lowest BCUT2D eigenvalue weighted by Crippen LogP contribution is -2.35. The number of thioether (sulfide) groups is 1. The summed E-state index contributed by atoms with van der Waals surface area (Å²) in [7, 11) is 1.57. The van der Waals surface area contributed by atoms with Gasteiger partial charge in [-0.2, -0.15) is 0 Å². The molecular weight excluding hydrogens is 354 g/mol. The Bertz CT molecular complexity index is 909. The second kappa shape index (κ2) is 7.92. The first-order valence-electron chi connectivity index (χ1n) is 7.80. The van der Waals surface area contributed by atoms with Gasteiger partial charge in [-0.3, -0.25) is 4.79 Å². The lowest BCUT2D eigenvalue weighted by molar-refractivity contribution is -0.705. The zero-order valence-corrected chi connectivity index (χ0v) is 15.1. The maximum atomic E-state index is 12.2. The van der Waals surface area contributed by atoms with Crippen molar-refractivity contribution in [3.63, 3.8) is 0 Å². The van der Waals surface area contributed by atoms with Crippen molar-refractivity contribution in [3.8, 4) is 17.4 Å². The molecule has 0 aliphatic heterocycles. The second-order valence-corrected chi connectivity index (χ2v) is 6.39. The van der Waals surface area contributed by atoms with Crippen LogP contribution in [-0.2, 0) is 4.79 Å². The molecule has 0 radical (unpaired) electrons. The van der Waals surface area contributed by atoms with Crippen molar-refractivity contribution in [1.29, 1.82) is 0 Å². The van der Waals surface area contributed by atoms with Gasteiger partial charge in [0.15, 0.2) is 5.95 Å². The molecule has 1 aromatic heterocycles. The van der Waals surface area contributed by atoms with Gasteiger partial charge in [-0.05, 0) is 47.1 Å². The Morgan fingerprint density at radius 1 is 1.27 bits per heavy atom. The van der Waals surface area contributed by atoms with Gasteiger partial charge in [0.05, 0.1) is 18.1 Å². The molecule has 0 atom stereocenters. The van der Waals surface area contributed by atoms with E-state index in [0.29, 0.717) is 11.4 Å². The van der Waals surface area contributed by atoms with Gasteiger partial charge in [-0.15, -0.1) is 0 Å². The third-order valence-electron chi connectivity index (χ3n) is 3.65. The predicted molar refractivity (Wildman–Crippen MR) is 94.6 cm³/mol. The number of nitrogens with zero attached hydrogens (tertiary/aromatic N) is 2. The Hall–Kier alpha value is -3.00. The normalized spacial score (nSPS) is 10.5. The highest BCUT2D eigenvalue weighted by Gasteiger charge is 2.22. The molecule has 0 aliphatic rings. The third-order valence-corrected chi connectivity index (χ3v) is 4.67. The first-order chi connectivity index (χ1) is 12.6. The summed E-state index contributed by atoms with van der Waals surface area (Å²) in [5.41, 5.74) is 2.35. The molecule has 134 valence electrons. The van der Waals surface area contributed by atoms with Crippen LogP contribution in [0.5, 0.6) is 11.7 Å². The number of carbonyl (C=O) groups is 1. The fourth-order valence-corrected chi connectivity index (χ4v) is 3.04. The minimum atomic E-state index is -0.588. The number of amides is 1. The molecule has 7 nitrogen and oxygen atoms in total. The monoisotopic (exact) mass is 371 g/mol. The highest BCUT2D eigenvalue weighted by molar-refractivity contribution is 7.99. The number of carbonyl (C=O) groups excluding carboxylic acids is 1. The van der Waals surface area contributed by atoms with Crippen LogP contribution in [0.25, 0.3) is 5.69 Å². The zero-order valence-electron chi connectivity index (χ0n) is 14.3. The second-order valence-electron chi connectivity index (χ2n) is 5.43. The number of hydrogen-bond donors (Lipinski definition) is 1. The van der Waals surface area contributed by atoms with E-state index in [-0.39, 0.29) is 16.7 Å². The van der Waals surface area contributed by atoms with E-state index < -0.39 is 5.95 Å². The van der Waals surface area contributed by atoms with Gasteiger partial charge in [0.25, 0.3) is 5.03 Å². The number of anilines is 1. The molecule has 1 N–H and O–H groups in total. The molecule has 3 aromatic rings.